The number of pyridine rings is 1. The van der Waals surface area contributed by atoms with Gasteiger partial charge < -0.3 is 9.88 Å². The second-order valence-corrected chi connectivity index (χ2v) is 10.2. The number of hydrogen-bond donors (Lipinski definition) is 1. The summed E-state index contributed by atoms with van der Waals surface area (Å²) in [4.78, 5) is 37.4. The van der Waals surface area contributed by atoms with E-state index in [0.717, 1.165) is 12.1 Å². The maximum Gasteiger partial charge on any atom is 0.270 e. The number of piperidine rings is 1. The molecular formula is C20H19Cl3N4O4. The van der Waals surface area contributed by atoms with Gasteiger partial charge in [0.05, 0.1) is 4.92 Å². The molecule has 2 aromatic rings. The minimum Gasteiger partial charge on any atom is -0.332 e. The van der Waals surface area contributed by atoms with E-state index in [4.69, 9.17) is 34.8 Å². The van der Waals surface area contributed by atoms with Gasteiger partial charge in [-0.15, -0.1) is 0 Å². The number of non-ortho nitro benzene ring substituents is 1. The maximum atomic E-state index is 12.8. The Bertz CT molecular complexity index is 1080. The minimum absolute atomic E-state index is 0.0300. The lowest BCUT2D eigenvalue weighted by Gasteiger charge is -2.47. The van der Waals surface area contributed by atoms with Crippen LogP contribution in [0.15, 0.2) is 47.3 Å². The first-order valence-corrected chi connectivity index (χ1v) is 10.8. The molecular weight excluding hydrogens is 467 g/mol. The van der Waals surface area contributed by atoms with Gasteiger partial charge in [-0.3, -0.25) is 24.6 Å². The summed E-state index contributed by atoms with van der Waals surface area (Å²) in [5, 5.41) is 13.8. The highest BCUT2D eigenvalue weighted by molar-refractivity contribution is 6.68. The molecule has 0 unspecified atom stereocenters. The van der Waals surface area contributed by atoms with Gasteiger partial charge >= 0.3 is 0 Å². The number of nitrogens with one attached hydrogen (secondary N) is 1. The summed E-state index contributed by atoms with van der Waals surface area (Å²) in [6.45, 7) is 1.59. The fourth-order valence-electron chi connectivity index (χ4n) is 4.49. The van der Waals surface area contributed by atoms with Gasteiger partial charge in [-0.05, 0) is 24.5 Å². The molecule has 2 aliphatic rings. The molecule has 31 heavy (non-hydrogen) atoms. The van der Waals surface area contributed by atoms with Gasteiger partial charge in [-0.1, -0.05) is 46.9 Å². The predicted octanol–water partition coefficient (Wildman–Crippen LogP) is 3.30. The number of alkyl halides is 3. The molecule has 11 heteroatoms. The van der Waals surface area contributed by atoms with Crippen LogP contribution in [0.2, 0.25) is 0 Å². The largest absolute Gasteiger partial charge is 0.332 e. The van der Waals surface area contributed by atoms with E-state index in [9.17, 15) is 19.7 Å². The standard InChI is InChI=1S/C20H19Cl3N4O4/c21-20(22,23)19(24-18(29)13-3-1-4-15(8-13)27(30)31)25-9-12-7-14(11-25)16-5-2-6-17(28)26(16)10-12/h1-6,8,12,14,19H,7,9-11H2,(H,24,29)/t12-,14-,19-/m1/s1. The van der Waals surface area contributed by atoms with Crippen molar-refractivity contribution < 1.29 is 9.72 Å². The number of nitrogens with zero attached hydrogens (tertiary/aromatic N) is 3. The second-order valence-electron chi connectivity index (χ2n) is 7.88. The first kappa shape index (κ1) is 22.1. The van der Waals surface area contributed by atoms with Gasteiger partial charge in [0.1, 0.15) is 6.17 Å². The second kappa shape index (κ2) is 8.43. The monoisotopic (exact) mass is 484 g/mol. The van der Waals surface area contributed by atoms with Crippen LogP contribution in [0.5, 0.6) is 0 Å². The Balaban J connectivity index is 1.58. The molecule has 2 aliphatic heterocycles. The Kier molecular flexibility index (Phi) is 6.00. The number of carbonyl (C=O) groups is 1. The number of benzene rings is 1. The fraction of sp³-hybridized carbons (Fsp3) is 0.400. The van der Waals surface area contributed by atoms with Crippen molar-refractivity contribution in [2.24, 2.45) is 5.92 Å². The van der Waals surface area contributed by atoms with Crippen LogP contribution in [0.25, 0.3) is 0 Å². The van der Waals surface area contributed by atoms with E-state index in [1.807, 2.05) is 11.0 Å². The van der Waals surface area contributed by atoms with Crippen LogP contribution in [-0.4, -0.2) is 43.3 Å². The molecule has 164 valence electrons. The lowest BCUT2D eigenvalue weighted by molar-refractivity contribution is -0.384. The maximum absolute atomic E-state index is 12.8. The van der Waals surface area contributed by atoms with E-state index in [2.05, 4.69) is 5.32 Å². The van der Waals surface area contributed by atoms with Gasteiger partial charge in [-0.25, -0.2) is 0 Å². The van der Waals surface area contributed by atoms with Crippen molar-refractivity contribution in [1.29, 1.82) is 0 Å². The number of likely N-dealkylation sites (tertiary alicyclic amines) is 1. The highest BCUT2D eigenvalue weighted by Gasteiger charge is 2.44. The molecule has 0 radical (unpaired) electrons. The van der Waals surface area contributed by atoms with E-state index >= 15 is 0 Å². The van der Waals surface area contributed by atoms with E-state index in [1.54, 1.807) is 16.7 Å². The van der Waals surface area contributed by atoms with Crippen molar-refractivity contribution in [2.45, 2.75) is 28.8 Å². The third-order valence-electron chi connectivity index (χ3n) is 5.77. The van der Waals surface area contributed by atoms with Crippen molar-refractivity contribution in [1.82, 2.24) is 14.8 Å². The van der Waals surface area contributed by atoms with Crippen LogP contribution < -0.4 is 10.9 Å². The van der Waals surface area contributed by atoms with Gasteiger partial charge in [0, 0.05) is 55.0 Å². The molecule has 0 aliphatic carbocycles. The molecule has 0 spiro atoms. The van der Waals surface area contributed by atoms with Crippen LogP contribution in [0.4, 0.5) is 5.69 Å². The van der Waals surface area contributed by atoms with E-state index in [0.29, 0.717) is 19.6 Å². The molecule has 1 aromatic carbocycles. The summed E-state index contributed by atoms with van der Waals surface area (Å²) in [5.41, 5.74) is 0.800. The van der Waals surface area contributed by atoms with E-state index in [1.165, 1.54) is 24.3 Å². The summed E-state index contributed by atoms with van der Waals surface area (Å²) < 4.78 is -0.0411. The molecule has 3 heterocycles. The lowest BCUT2D eigenvalue weighted by Crippen LogP contribution is -2.60. The Hall–Kier alpha value is -2.13. The van der Waals surface area contributed by atoms with Gasteiger partial charge in [-0.2, -0.15) is 0 Å². The van der Waals surface area contributed by atoms with Gasteiger partial charge in [0.25, 0.3) is 17.2 Å². The molecule has 3 atom stereocenters. The number of hydrogen-bond acceptors (Lipinski definition) is 5. The zero-order valence-electron chi connectivity index (χ0n) is 16.2. The molecule has 1 fully saturated rings. The molecule has 4 rings (SSSR count). The van der Waals surface area contributed by atoms with Crippen molar-refractivity contribution >= 4 is 46.4 Å². The Morgan fingerprint density at radius 2 is 1.90 bits per heavy atom. The number of carbonyl (C=O) groups excluding carboxylic acids is 1. The van der Waals surface area contributed by atoms with Gasteiger partial charge in [0.2, 0.25) is 3.79 Å². The summed E-state index contributed by atoms with van der Waals surface area (Å²) >= 11 is 18.7. The molecule has 1 amide bonds. The SMILES string of the molecule is O=C(N[C@H](N1C[C@H]2C[C@H](C1)c1cccc(=O)n1C2)C(Cl)(Cl)Cl)c1cccc([N+](=O)[O-])c1. The molecule has 1 N–H and O–H groups in total. The summed E-state index contributed by atoms with van der Waals surface area (Å²) in [6, 6.07) is 10.6. The number of fused-ring (bicyclic) bond motifs is 4. The fourth-order valence-corrected chi connectivity index (χ4v) is 5.07. The third kappa shape index (κ3) is 4.57. The van der Waals surface area contributed by atoms with Crippen molar-refractivity contribution in [3.05, 3.63) is 74.2 Å². The van der Waals surface area contributed by atoms with Crippen molar-refractivity contribution in [3.63, 3.8) is 0 Å². The molecule has 8 nitrogen and oxygen atoms in total. The van der Waals surface area contributed by atoms with Crippen LogP contribution >= 0.6 is 34.8 Å². The normalized spacial score (nSPS) is 21.8. The third-order valence-corrected chi connectivity index (χ3v) is 6.39. The minimum atomic E-state index is -1.83. The Morgan fingerprint density at radius 3 is 2.61 bits per heavy atom. The summed E-state index contributed by atoms with van der Waals surface area (Å²) in [5.74, 6) is -0.353. The van der Waals surface area contributed by atoms with Crippen LogP contribution in [0.3, 0.4) is 0 Å². The smallest absolute Gasteiger partial charge is 0.270 e. The predicted molar refractivity (Wildman–Crippen MR) is 118 cm³/mol. The summed E-state index contributed by atoms with van der Waals surface area (Å²) in [7, 11) is 0. The Labute approximate surface area is 192 Å². The number of nitro groups is 1. The average molecular weight is 486 g/mol. The Morgan fingerprint density at radius 1 is 1.16 bits per heavy atom. The first-order chi connectivity index (χ1) is 14.6. The first-order valence-electron chi connectivity index (χ1n) is 9.69. The zero-order valence-corrected chi connectivity index (χ0v) is 18.5. The number of halogens is 3. The van der Waals surface area contributed by atoms with Crippen LogP contribution in [0, 0.1) is 16.0 Å². The molecule has 1 aromatic heterocycles. The highest BCUT2D eigenvalue weighted by atomic mass is 35.6. The highest BCUT2D eigenvalue weighted by Crippen LogP contribution is 2.40. The molecule has 1 saturated heterocycles. The summed E-state index contributed by atoms with van der Waals surface area (Å²) in [6.07, 6.45) is -0.0396. The quantitative estimate of drug-likeness (QED) is 0.407. The van der Waals surface area contributed by atoms with Crippen molar-refractivity contribution in [3.8, 4) is 0 Å². The molecule has 2 bridgehead atoms. The van der Waals surface area contributed by atoms with Crippen molar-refractivity contribution in [2.75, 3.05) is 13.1 Å². The van der Waals surface area contributed by atoms with Crippen LogP contribution in [0.1, 0.15) is 28.4 Å². The van der Waals surface area contributed by atoms with E-state index < -0.39 is 20.8 Å². The number of aromatic nitrogens is 1. The number of nitro benzene ring substituents is 1. The van der Waals surface area contributed by atoms with Crippen LogP contribution in [-0.2, 0) is 6.54 Å². The zero-order chi connectivity index (χ0) is 22.3. The van der Waals surface area contributed by atoms with E-state index in [-0.39, 0.29) is 28.6 Å². The van der Waals surface area contributed by atoms with Gasteiger partial charge in [0.15, 0.2) is 0 Å². The molecule has 0 saturated carbocycles. The lowest BCUT2D eigenvalue weighted by atomic mass is 9.83. The number of rotatable bonds is 4. The topological polar surface area (TPSA) is 97.5 Å². The average Bonchev–Trinajstić information content (AvgIpc) is 2.71. The number of amides is 1.